The van der Waals surface area contributed by atoms with Crippen LogP contribution in [0.2, 0.25) is 0 Å². The number of amides is 1. The van der Waals surface area contributed by atoms with Gasteiger partial charge in [0.1, 0.15) is 4.99 Å². The van der Waals surface area contributed by atoms with Gasteiger partial charge in [-0.25, -0.2) is 0 Å². The molecular weight excluding hydrogens is 232 g/mol. The van der Waals surface area contributed by atoms with Crippen LogP contribution < -0.4 is 5.73 Å². The van der Waals surface area contributed by atoms with Crippen LogP contribution in [-0.4, -0.2) is 28.9 Å². The Morgan fingerprint density at radius 2 is 1.82 bits per heavy atom. The topological polar surface area (TPSA) is 46.3 Å². The van der Waals surface area contributed by atoms with Crippen LogP contribution in [0.1, 0.15) is 24.0 Å². The molecular formula is C13H16N2OS. The SMILES string of the molecule is NC(=S)c1ccc(CC(=O)N2CCCC2)cc1. The van der Waals surface area contributed by atoms with E-state index in [1.54, 1.807) is 0 Å². The predicted octanol–water partition coefficient (Wildman–Crippen LogP) is 1.49. The molecule has 1 fully saturated rings. The summed E-state index contributed by atoms with van der Waals surface area (Å²) in [6.45, 7) is 1.81. The fourth-order valence-electron chi connectivity index (χ4n) is 2.04. The minimum absolute atomic E-state index is 0.213. The maximum Gasteiger partial charge on any atom is 0.226 e. The molecule has 0 radical (unpaired) electrons. The van der Waals surface area contributed by atoms with Crippen molar-refractivity contribution in [2.75, 3.05) is 13.1 Å². The smallest absolute Gasteiger partial charge is 0.226 e. The highest BCUT2D eigenvalue weighted by Gasteiger charge is 2.17. The Hall–Kier alpha value is -1.42. The van der Waals surface area contributed by atoms with Crippen LogP contribution in [-0.2, 0) is 11.2 Å². The number of carbonyl (C=O) groups is 1. The zero-order valence-corrected chi connectivity index (χ0v) is 10.5. The summed E-state index contributed by atoms with van der Waals surface area (Å²) in [5.74, 6) is 0.213. The van der Waals surface area contributed by atoms with Crippen LogP contribution in [0.15, 0.2) is 24.3 Å². The molecule has 17 heavy (non-hydrogen) atoms. The first-order chi connectivity index (χ1) is 8.16. The number of hydrogen-bond donors (Lipinski definition) is 1. The quantitative estimate of drug-likeness (QED) is 0.824. The lowest BCUT2D eigenvalue weighted by Gasteiger charge is -2.15. The van der Waals surface area contributed by atoms with Crippen LogP contribution in [0.3, 0.4) is 0 Å². The molecule has 0 atom stereocenters. The first-order valence-corrected chi connectivity index (χ1v) is 6.24. The third-order valence-corrected chi connectivity index (χ3v) is 3.29. The molecule has 1 heterocycles. The lowest BCUT2D eigenvalue weighted by Crippen LogP contribution is -2.29. The van der Waals surface area contributed by atoms with Crippen molar-refractivity contribution in [3.05, 3.63) is 35.4 Å². The number of benzene rings is 1. The van der Waals surface area contributed by atoms with E-state index in [0.29, 0.717) is 11.4 Å². The molecule has 0 aromatic heterocycles. The van der Waals surface area contributed by atoms with E-state index in [4.69, 9.17) is 18.0 Å². The van der Waals surface area contributed by atoms with Crippen molar-refractivity contribution < 1.29 is 4.79 Å². The van der Waals surface area contributed by atoms with Gasteiger partial charge in [0.05, 0.1) is 6.42 Å². The normalized spacial score (nSPS) is 14.9. The van der Waals surface area contributed by atoms with Crippen LogP contribution in [0, 0.1) is 0 Å². The first-order valence-electron chi connectivity index (χ1n) is 5.83. The highest BCUT2D eigenvalue weighted by molar-refractivity contribution is 7.80. The Labute approximate surface area is 107 Å². The van der Waals surface area contributed by atoms with Crippen molar-refractivity contribution in [2.24, 2.45) is 5.73 Å². The second-order valence-electron chi connectivity index (χ2n) is 4.33. The van der Waals surface area contributed by atoms with Gasteiger partial charge in [-0.15, -0.1) is 0 Å². The van der Waals surface area contributed by atoms with Gasteiger partial charge in [-0.2, -0.15) is 0 Å². The fourth-order valence-corrected chi connectivity index (χ4v) is 2.18. The number of nitrogens with zero attached hydrogens (tertiary/aromatic N) is 1. The van der Waals surface area contributed by atoms with E-state index >= 15 is 0 Å². The number of thiocarbonyl (C=S) groups is 1. The highest BCUT2D eigenvalue weighted by atomic mass is 32.1. The minimum atomic E-state index is 0.213. The van der Waals surface area contributed by atoms with E-state index in [2.05, 4.69) is 0 Å². The molecule has 0 aliphatic carbocycles. The van der Waals surface area contributed by atoms with Crippen LogP contribution in [0.25, 0.3) is 0 Å². The monoisotopic (exact) mass is 248 g/mol. The zero-order valence-electron chi connectivity index (χ0n) is 9.69. The molecule has 0 spiro atoms. The average Bonchev–Trinajstić information content (AvgIpc) is 2.83. The summed E-state index contributed by atoms with van der Waals surface area (Å²) in [6.07, 6.45) is 2.73. The number of likely N-dealkylation sites (tertiary alicyclic amines) is 1. The van der Waals surface area contributed by atoms with E-state index in [0.717, 1.165) is 37.1 Å². The minimum Gasteiger partial charge on any atom is -0.389 e. The zero-order chi connectivity index (χ0) is 12.3. The standard InChI is InChI=1S/C13H16N2OS/c14-13(17)11-5-3-10(4-6-11)9-12(16)15-7-1-2-8-15/h3-6H,1-2,7-9H2,(H2,14,17). The van der Waals surface area contributed by atoms with E-state index < -0.39 is 0 Å². The third-order valence-electron chi connectivity index (χ3n) is 3.05. The average molecular weight is 248 g/mol. The molecule has 1 aliphatic heterocycles. The van der Waals surface area contributed by atoms with Crippen molar-refractivity contribution in [3.8, 4) is 0 Å². The summed E-state index contributed by atoms with van der Waals surface area (Å²) in [6, 6.07) is 7.58. The molecule has 1 amide bonds. The molecule has 2 N–H and O–H groups in total. The Kier molecular flexibility index (Phi) is 3.74. The van der Waals surface area contributed by atoms with Crippen molar-refractivity contribution >= 4 is 23.1 Å². The molecule has 1 aliphatic rings. The van der Waals surface area contributed by atoms with Gasteiger partial charge in [0.25, 0.3) is 0 Å². The summed E-state index contributed by atoms with van der Waals surface area (Å²) in [5, 5.41) is 0. The van der Waals surface area contributed by atoms with E-state index in [-0.39, 0.29) is 5.91 Å². The summed E-state index contributed by atoms with van der Waals surface area (Å²) in [7, 11) is 0. The number of hydrogen-bond acceptors (Lipinski definition) is 2. The highest BCUT2D eigenvalue weighted by Crippen LogP contribution is 2.11. The Bertz CT molecular complexity index is 422. The van der Waals surface area contributed by atoms with Gasteiger partial charge in [-0.3, -0.25) is 4.79 Å². The third kappa shape index (κ3) is 3.03. The Morgan fingerprint density at radius 1 is 1.24 bits per heavy atom. The molecule has 0 unspecified atom stereocenters. The maximum absolute atomic E-state index is 11.9. The second-order valence-corrected chi connectivity index (χ2v) is 4.77. The second kappa shape index (κ2) is 5.27. The summed E-state index contributed by atoms with van der Waals surface area (Å²) in [5.41, 5.74) is 7.38. The van der Waals surface area contributed by atoms with Crippen LogP contribution in [0.5, 0.6) is 0 Å². The van der Waals surface area contributed by atoms with Crippen molar-refractivity contribution in [1.29, 1.82) is 0 Å². The molecule has 1 aromatic carbocycles. The van der Waals surface area contributed by atoms with Gasteiger partial charge in [-0.1, -0.05) is 36.5 Å². The van der Waals surface area contributed by atoms with Gasteiger partial charge < -0.3 is 10.6 Å². The lowest BCUT2D eigenvalue weighted by molar-refractivity contribution is -0.129. The lowest BCUT2D eigenvalue weighted by atomic mass is 10.1. The molecule has 2 rings (SSSR count). The van der Waals surface area contributed by atoms with Crippen LogP contribution >= 0.6 is 12.2 Å². The van der Waals surface area contributed by atoms with Crippen molar-refractivity contribution in [2.45, 2.75) is 19.3 Å². The molecule has 4 heteroatoms. The molecule has 0 saturated carbocycles. The number of carbonyl (C=O) groups excluding carboxylic acids is 1. The van der Waals surface area contributed by atoms with Crippen molar-refractivity contribution in [1.82, 2.24) is 4.90 Å². The van der Waals surface area contributed by atoms with E-state index in [1.807, 2.05) is 29.2 Å². The van der Waals surface area contributed by atoms with Gasteiger partial charge in [0, 0.05) is 18.7 Å². The number of nitrogens with two attached hydrogens (primary N) is 1. The maximum atomic E-state index is 11.9. The largest absolute Gasteiger partial charge is 0.389 e. The van der Waals surface area contributed by atoms with Gasteiger partial charge in [-0.05, 0) is 18.4 Å². The van der Waals surface area contributed by atoms with Gasteiger partial charge in [0.15, 0.2) is 0 Å². The van der Waals surface area contributed by atoms with E-state index in [1.165, 1.54) is 0 Å². The molecule has 1 aromatic rings. The van der Waals surface area contributed by atoms with Crippen LogP contribution in [0.4, 0.5) is 0 Å². The van der Waals surface area contributed by atoms with Gasteiger partial charge >= 0.3 is 0 Å². The molecule has 90 valence electrons. The molecule has 3 nitrogen and oxygen atoms in total. The summed E-state index contributed by atoms with van der Waals surface area (Å²) in [4.78, 5) is 14.2. The fraction of sp³-hybridized carbons (Fsp3) is 0.385. The molecule has 0 bridgehead atoms. The summed E-state index contributed by atoms with van der Waals surface area (Å²) < 4.78 is 0. The first kappa shape index (κ1) is 12.0. The number of rotatable bonds is 3. The Morgan fingerprint density at radius 3 is 2.35 bits per heavy atom. The van der Waals surface area contributed by atoms with E-state index in [9.17, 15) is 4.79 Å². The summed E-state index contributed by atoms with van der Waals surface area (Å²) >= 11 is 4.88. The predicted molar refractivity (Wildman–Crippen MR) is 71.8 cm³/mol. The van der Waals surface area contributed by atoms with Crippen molar-refractivity contribution in [3.63, 3.8) is 0 Å². The molecule has 1 saturated heterocycles. The Balaban J connectivity index is 1.98. The van der Waals surface area contributed by atoms with Gasteiger partial charge in [0.2, 0.25) is 5.91 Å².